The van der Waals surface area contributed by atoms with Gasteiger partial charge in [0.25, 0.3) is 0 Å². The number of ether oxygens (including phenoxy) is 1. The zero-order valence-electron chi connectivity index (χ0n) is 19.3. The van der Waals surface area contributed by atoms with Crippen LogP contribution in [0.1, 0.15) is 22.9 Å². The van der Waals surface area contributed by atoms with Gasteiger partial charge < -0.3 is 20.3 Å². The molecule has 10 heteroatoms. The monoisotopic (exact) mass is 495 g/mol. The van der Waals surface area contributed by atoms with Crippen LogP contribution in [-0.2, 0) is 12.7 Å². The Morgan fingerprint density at radius 3 is 2.56 bits per heavy atom. The van der Waals surface area contributed by atoms with Gasteiger partial charge in [-0.1, -0.05) is 6.07 Å². The van der Waals surface area contributed by atoms with Gasteiger partial charge in [-0.2, -0.15) is 13.2 Å². The lowest BCUT2D eigenvalue weighted by Gasteiger charge is -2.14. The molecule has 0 spiro atoms. The van der Waals surface area contributed by atoms with Crippen LogP contribution < -0.4 is 15.4 Å². The Morgan fingerprint density at radius 2 is 1.86 bits per heavy atom. The number of nitrogens with one attached hydrogen (secondary N) is 2. The number of halogens is 3. The molecule has 3 aromatic rings. The van der Waals surface area contributed by atoms with Crippen LogP contribution >= 0.6 is 0 Å². The van der Waals surface area contributed by atoms with Crippen LogP contribution in [0.4, 0.5) is 18.0 Å². The number of nitrogens with zero attached hydrogens (tertiary/aromatic N) is 3. The number of aliphatic imine (C=N–C) groups is 1. The van der Waals surface area contributed by atoms with Crippen molar-refractivity contribution in [3.8, 4) is 22.8 Å². The summed E-state index contributed by atoms with van der Waals surface area (Å²) in [5, 5.41) is 6.09. The van der Waals surface area contributed by atoms with E-state index in [2.05, 4.69) is 15.6 Å². The van der Waals surface area contributed by atoms with E-state index in [-0.39, 0.29) is 11.6 Å². The van der Waals surface area contributed by atoms with Crippen molar-refractivity contribution in [2.24, 2.45) is 4.99 Å². The summed E-state index contributed by atoms with van der Waals surface area (Å²) >= 11 is 0. The average Bonchev–Trinajstić information content (AvgIpc) is 3.64. The lowest BCUT2D eigenvalue weighted by molar-refractivity contribution is -0.138. The number of alkyl halides is 3. The van der Waals surface area contributed by atoms with Crippen molar-refractivity contribution in [2.45, 2.75) is 18.8 Å². The van der Waals surface area contributed by atoms with Crippen molar-refractivity contribution in [3.63, 3.8) is 0 Å². The molecule has 7 nitrogen and oxygen atoms in total. The summed E-state index contributed by atoms with van der Waals surface area (Å²) in [7, 11) is 0. The minimum absolute atomic E-state index is 0.0277. The van der Waals surface area contributed by atoms with Crippen LogP contribution in [0.25, 0.3) is 11.3 Å². The van der Waals surface area contributed by atoms with Gasteiger partial charge in [-0.3, -0.25) is 9.98 Å². The van der Waals surface area contributed by atoms with E-state index >= 15 is 0 Å². The topological polar surface area (TPSA) is 78.9 Å². The molecule has 3 heterocycles. The maximum absolute atomic E-state index is 13.3. The van der Waals surface area contributed by atoms with Gasteiger partial charge in [-0.25, -0.2) is 4.79 Å². The Hall–Kier alpha value is -3.92. The summed E-state index contributed by atoms with van der Waals surface area (Å²) in [6, 6.07) is 16.2. The quantitative estimate of drug-likeness (QED) is 0.418. The molecule has 1 atom stereocenters. The molecule has 2 amide bonds. The molecule has 0 aliphatic carbocycles. The van der Waals surface area contributed by atoms with Gasteiger partial charge >= 0.3 is 12.2 Å². The van der Waals surface area contributed by atoms with Crippen molar-refractivity contribution in [1.82, 2.24) is 20.5 Å². The number of benzene rings is 2. The Kier molecular flexibility index (Phi) is 6.60. The third kappa shape index (κ3) is 5.65. The number of carbonyl (C=O) groups is 1. The van der Waals surface area contributed by atoms with Gasteiger partial charge in [0.1, 0.15) is 17.5 Å². The summed E-state index contributed by atoms with van der Waals surface area (Å²) in [5.41, 5.74) is 1.95. The minimum Gasteiger partial charge on any atom is -0.457 e. The van der Waals surface area contributed by atoms with Gasteiger partial charge in [0.2, 0.25) is 0 Å². The Balaban J connectivity index is 1.20. The first-order valence-corrected chi connectivity index (χ1v) is 11.6. The van der Waals surface area contributed by atoms with Gasteiger partial charge in [0.15, 0.2) is 0 Å². The molecule has 1 aromatic heterocycles. The zero-order chi connectivity index (χ0) is 25.1. The predicted octanol–water partition coefficient (Wildman–Crippen LogP) is 4.80. The number of hydrogen-bond donors (Lipinski definition) is 2. The second kappa shape index (κ2) is 9.98. The van der Waals surface area contributed by atoms with Crippen LogP contribution in [-0.4, -0.2) is 48.3 Å². The largest absolute Gasteiger partial charge is 0.457 e. The number of pyridine rings is 1. The van der Waals surface area contributed by atoms with E-state index in [9.17, 15) is 18.0 Å². The van der Waals surface area contributed by atoms with Crippen LogP contribution in [0.5, 0.6) is 11.5 Å². The third-order valence-electron chi connectivity index (χ3n) is 5.95. The van der Waals surface area contributed by atoms with E-state index in [0.717, 1.165) is 29.6 Å². The predicted molar refractivity (Wildman–Crippen MR) is 129 cm³/mol. The third-order valence-corrected chi connectivity index (χ3v) is 5.95. The van der Waals surface area contributed by atoms with Crippen molar-refractivity contribution in [2.75, 3.05) is 26.2 Å². The maximum atomic E-state index is 13.3. The molecule has 2 aliphatic rings. The summed E-state index contributed by atoms with van der Waals surface area (Å²) in [4.78, 5) is 21.9. The molecule has 1 unspecified atom stereocenters. The smallest absolute Gasteiger partial charge is 0.416 e. The van der Waals surface area contributed by atoms with Crippen molar-refractivity contribution < 1.29 is 22.7 Å². The fourth-order valence-electron chi connectivity index (χ4n) is 4.03. The summed E-state index contributed by atoms with van der Waals surface area (Å²) in [6.45, 7) is 3.30. The fraction of sp³-hybridized carbons (Fsp3) is 0.269. The first-order valence-electron chi connectivity index (χ1n) is 11.6. The molecule has 186 valence electrons. The van der Waals surface area contributed by atoms with Crippen molar-refractivity contribution in [1.29, 1.82) is 0 Å². The molecular weight excluding hydrogens is 471 g/mol. The SMILES string of the molecule is O=C1NCCN1CCNCc1cccc(-c2ccc(Oc3ccc(C(F)(F)F)c(C4C=N4)c3)cc2)n1. The molecule has 2 N–H and O–H groups in total. The second-order valence-electron chi connectivity index (χ2n) is 8.53. The van der Waals surface area contributed by atoms with Gasteiger partial charge in [-0.15, -0.1) is 0 Å². The molecule has 1 saturated heterocycles. The number of rotatable bonds is 9. The highest BCUT2D eigenvalue weighted by atomic mass is 19.4. The Labute approximate surface area is 206 Å². The van der Waals surface area contributed by atoms with Crippen molar-refractivity contribution >= 4 is 12.2 Å². The van der Waals surface area contributed by atoms with Crippen LogP contribution in [0.2, 0.25) is 0 Å². The summed E-state index contributed by atoms with van der Waals surface area (Å²) in [6.07, 6.45) is -2.96. The first kappa shape index (κ1) is 23.8. The minimum atomic E-state index is -4.44. The molecule has 1 fully saturated rings. The highest BCUT2D eigenvalue weighted by Crippen LogP contribution is 2.40. The highest BCUT2D eigenvalue weighted by molar-refractivity contribution is 5.81. The van der Waals surface area contributed by atoms with Gasteiger partial charge in [0.05, 0.1) is 17.0 Å². The zero-order valence-corrected chi connectivity index (χ0v) is 19.3. The van der Waals surface area contributed by atoms with E-state index in [1.165, 1.54) is 18.3 Å². The van der Waals surface area contributed by atoms with Gasteiger partial charge in [0, 0.05) is 44.5 Å². The maximum Gasteiger partial charge on any atom is 0.416 e. The Morgan fingerprint density at radius 1 is 1.08 bits per heavy atom. The molecule has 2 aliphatic heterocycles. The standard InChI is InChI=1S/C26H24F3N5O2/c27-26(28,29)22-9-8-20(14-21(22)24-16-32-24)36-19-6-4-17(5-7-19)23-3-1-2-18(33-23)15-30-10-12-34-13-11-31-25(34)35/h1-9,14,16,24,30H,10-13,15H2,(H,31,35). The van der Waals surface area contributed by atoms with E-state index < -0.39 is 17.8 Å². The summed E-state index contributed by atoms with van der Waals surface area (Å²) < 4.78 is 45.6. The molecular formula is C26H24F3N5O2. The van der Waals surface area contributed by atoms with Crippen LogP contribution in [0, 0.1) is 0 Å². The molecule has 0 saturated carbocycles. The van der Waals surface area contributed by atoms with Gasteiger partial charge in [-0.05, 0) is 60.2 Å². The normalized spacial score (nSPS) is 16.8. The number of urea groups is 1. The molecule has 36 heavy (non-hydrogen) atoms. The Bertz CT molecular complexity index is 1270. The molecule has 0 radical (unpaired) electrons. The van der Waals surface area contributed by atoms with E-state index in [0.29, 0.717) is 37.7 Å². The average molecular weight is 496 g/mol. The highest BCUT2D eigenvalue weighted by Gasteiger charge is 2.37. The van der Waals surface area contributed by atoms with Crippen LogP contribution in [0.3, 0.4) is 0 Å². The summed E-state index contributed by atoms with van der Waals surface area (Å²) in [5.74, 6) is 0.823. The molecule has 5 rings (SSSR count). The van der Waals surface area contributed by atoms with E-state index in [1.807, 2.05) is 30.3 Å². The van der Waals surface area contributed by atoms with E-state index in [4.69, 9.17) is 9.72 Å². The number of amides is 2. The molecule has 0 bridgehead atoms. The number of hydrogen-bond acceptors (Lipinski definition) is 5. The first-order chi connectivity index (χ1) is 17.4. The number of carbonyl (C=O) groups excluding carboxylic acids is 1. The lowest BCUT2D eigenvalue weighted by atomic mass is 10.0. The van der Waals surface area contributed by atoms with Crippen molar-refractivity contribution in [3.05, 3.63) is 77.5 Å². The lowest BCUT2D eigenvalue weighted by Crippen LogP contribution is -2.34. The molecule has 2 aromatic carbocycles. The fourth-order valence-corrected chi connectivity index (χ4v) is 4.03. The number of aromatic nitrogens is 1. The van der Waals surface area contributed by atoms with E-state index in [1.54, 1.807) is 17.0 Å². The van der Waals surface area contributed by atoms with Crippen LogP contribution in [0.15, 0.2) is 65.7 Å². The second-order valence-corrected chi connectivity index (χ2v) is 8.53.